The van der Waals surface area contributed by atoms with Gasteiger partial charge in [0.05, 0.1) is 12.5 Å². The van der Waals surface area contributed by atoms with Crippen molar-refractivity contribution in [2.45, 2.75) is 6.42 Å². The lowest BCUT2D eigenvalue weighted by molar-refractivity contribution is 1.37. The van der Waals surface area contributed by atoms with E-state index >= 15 is 0 Å². The third kappa shape index (κ3) is 1.89. The lowest BCUT2D eigenvalue weighted by atomic mass is 10.5. The molecule has 0 aliphatic heterocycles. The van der Waals surface area contributed by atoms with Crippen LogP contribution in [0.4, 0.5) is 0 Å². The summed E-state index contributed by atoms with van der Waals surface area (Å²) in [6, 6.07) is 1.93. The highest BCUT2D eigenvalue weighted by Gasteiger charge is 1.83. The van der Waals surface area contributed by atoms with E-state index in [0.29, 0.717) is 0 Å². The normalized spacial score (nSPS) is 7.50. The second-order valence-corrected chi connectivity index (χ2v) is 2.37. The molecule has 0 aliphatic rings. The van der Waals surface area contributed by atoms with Gasteiger partial charge in [0.2, 0.25) is 0 Å². The summed E-state index contributed by atoms with van der Waals surface area (Å²) in [5.74, 6) is 5.43. The van der Waals surface area contributed by atoms with Crippen LogP contribution in [-0.4, -0.2) is 4.98 Å². The summed E-state index contributed by atoms with van der Waals surface area (Å²) in [5, 5.41) is 10.8. The summed E-state index contributed by atoms with van der Waals surface area (Å²) in [6.07, 6.45) is 1.97. The lowest BCUT2D eigenvalue weighted by Crippen LogP contribution is -1.66. The lowest BCUT2D eigenvalue weighted by Gasteiger charge is -1.70. The monoisotopic (exact) mass is 148 g/mol. The van der Waals surface area contributed by atoms with Crippen LogP contribution in [0.3, 0.4) is 0 Å². The van der Waals surface area contributed by atoms with Gasteiger partial charge >= 0.3 is 0 Å². The van der Waals surface area contributed by atoms with Gasteiger partial charge in [-0.15, -0.1) is 11.3 Å². The maximum Gasteiger partial charge on any atom is 0.166 e. The Morgan fingerprint density at radius 2 is 2.60 bits per heavy atom. The van der Waals surface area contributed by atoms with Crippen molar-refractivity contribution in [3.05, 3.63) is 16.6 Å². The van der Waals surface area contributed by atoms with Crippen LogP contribution in [0.25, 0.3) is 0 Å². The molecule has 0 radical (unpaired) electrons. The van der Waals surface area contributed by atoms with Crippen LogP contribution in [0.2, 0.25) is 0 Å². The molecule has 0 aromatic carbocycles. The van der Waals surface area contributed by atoms with Crippen molar-refractivity contribution in [1.29, 1.82) is 5.26 Å². The SMILES string of the molecule is N#CCC#Cc1nccs1. The van der Waals surface area contributed by atoms with Crippen molar-refractivity contribution in [3.63, 3.8) is 0 Å². The van der Waals surface area contributed by atoms with Gasteiger partial charge in [-0.3, -0.25) is 0 Å². The Hall–Kier alpha value is -1.32. The van der Waals surface area contributed by atoms with Crippen LogP contribution in [0.1, 0.15) is 11.4 Å². The predicted octanol–water partition coefficient (Wildman–Crippen LogP) is 1.41. The molecule has 0 N–H and O–H groups in total. The molecule has 1 aromatic heterocycles. The summed E-state index contributed by atoms with van der Waals surface area (Å²) < 4.78 is 0. The Kier molecular flexibility index (Phi) is 2.49. The van der Waals surface area contributed by atoms with Crippen molar-refractivity contribution >= 4 is 11.3 Å². The summed E-state index contributed by atoms with van der Waals surface area (Å²) in [4.78, 5) is 3.92. The van der Waals surface area contributed by atoms with E-state index in [4.69, 9.17) is 5.26 Å². The molecule has 0 bridgehead atoms. The van der Waals surface area contributed by atoms with E-state index in [1.165, 1.54) is 11.3 Å². The quantitative estimate of drug-likeness (QED) is 0.521. The number of aromatic nitrogens is 1. The van der Waals surface area contributed by atoms with Crippen molar-refractivity contribution < 1.29 is 0 Å². The smallest absolute Gasteiger partial charge is 0.166 e. The zero-order valence-corrected chi connectivity index (χ0v) is 5.98. The van der Waals surface area contributed by atoms with Crippen LogP contribution in [0, 0.1) is 23.2 Å². The molecule has 0 spiro atoms. The second-order valence-electron chi connectivity index (χ2n) is 1.47. The Balaban J connectivity index is 2.59. The molecule has 0 atom stereocenters. The molecule has 48 valence electrons. The molecule has 3 heteroatoms. The van der Waals surface area contributed by atoms with E-state index in [2.05, 4.69) is 16.8 Å². The first-order valence-corrected chi connectivity index (χ1v) is 3.57. The second kappa shape index (κ2) is 3.66. The summed E-state index contributed by atoms with van der Waals surface area (Å²) in [5.41, 5.74) is 0. The first-order valence-electron chi connectivity index (χ1n) is 2.69. The number of hydrogen-bond acceptors (Lipinski definition) is 3. The van der Waals surface area contributed by atoms with E-state index in [1.54, 1.807) is 6.20 Å². The number of nitrogens with zero attached hydrogens (tertiary/aromatic N) is 2. The first kappa shape index (κ1) is 6.80. The third-order valence-corrected chi connectivity index (χ3v) is 1.48. The first-order chi connectivity index (χ1) is 4.93. The highest BCUT2D eigenvalue weighted by atomic mass is 32.1. The molecule has 1 rings (SSSR count). The van der Waals surface area contributed by atoms with Gasteiger partial charge in [0.25, 0.3) is 0 Å². The standard InChI is InChI=1S/C7H4N2S/c8-4-2-1-3-7-9-5-6-10-7/h5-6H,2H2. The van der Waals surface area contributed by atoms with Gasteiger partial charge in [0.1, 0.15) is 0 Å². The molecular formula is C7H4N2S. The van der Waals surface area contributed by atoms with Gasteiger partial charge in [-0.25, -0.2) is 4.98 Å². The van der Waals surface area contributed by atoms with E-state index in [0.717, 1.165) is 5.01 Å². The van der Waals surface area contributed by atoms with E-state index < -0.39 is 0 Å². The molecule has 0 amide bonds. The van der Waals surface area contributed by atoms with E-state index in [-0.39, 0.29) is 6.42 Å². The molecule has 1 aromatic rings. The minimum absolute atomic E-state index is 0.277. The van der Waals surface area contributed by atoms with Crippen molar-refractivity contribution in [2.24, 2.45) is 0 Å². The Bertz CT molecular complexity index is 284. The number of nitriles is 1. The average molecular weight is 148 g/mol. The minimum atomic E-state index is 0.277. The molecule has 2 nitrogen and oxygen atoms in total. The minimum Gasteiger partial charge on any atom is -0.236 e. The fraction of sp³-hybridized carbons (Fsp3) is 0.143. The Labute approximate surface area is 63.1 Å². The zero-order valence-electron chi connectivity index (χ0n) is 5.16. The van der Waals surface area contributed by atoms with Gasteiger partial charge in [-0.1, -0.05) is 5.92 Å². The third-order valence-electron chi connectivity index (χ3n) is 0.795. The maximum atomic E-state index is 8.13. The highest BCUT2D eigenvalue weighted by molar-refractivity contribution is 7.10. The summed E-state index contributed by atoms with van der Waals surface area (Å²) >= 11 is 1.48. The molecule has 0 unspecified atom stereocenters. The Morgan fingerprint density at radius 1 is 1.70 bits per heavy atom. The van der Waals surface area contributed by atoms with E-state index in [9.17, 15) is 0 Å². The average Bonchev–Trinajstić information content (AvgIpc) is 2.41. The molecular weight excluding hydrogens is 144 g/mol. The fourth-order valence-corrected chi connectivity index (χ4v) is 0.948. The largest absolute Gasteiger partial charge is 0.236 e. The zero-order chi connectivity index (χ0) is 7.23. The molecule has 0 saturated heterocycles. The Morgan fingerprint density at radius 3 is 3.20 bits per heavy atom. The topological polar surface area (TPSA) is 36.7 Å². The van der Waals surface area contributed by atoms with Crippen molar-refractivity contribution in [3.8, 4) is 17.9 Å². The summed E-state index contributed by atoms with van der Waals surface area (Å²) in [7, 11) is 0. The van der Waals surface area contributed by atoms with Crippen molar-refractivity contribution in [1.82, 2.24) is 4.98 Å². The molecule has 10 heavy (non-hydrogen) atoms. The van der Waals surface area contributed by atoms with Crippen LogP contribution >= 0.6 is 11.3 Å². The van der Waals surface area contributed by atoms with Crippen LogP contribution in [0.5, 0.6) is 0 Å². The number of hydrogen-bond donors (Lipinski definition) is 0. The van der Waals surface area contributed by atoms with Crippen LogP contribution < -0.4 is 0 Å². The predicted molar refractivity (Wildman–Crippen MR) is 39.2 cm³/mol. The summed E-state index contributed by atoms with van der Waals surface area (Å²) in [6.45, 7) is 0. The highest BCUT2D eigenvalue weighted by Crippen LogP contribution is 2.00. The van der Waals surface area contributed by atoms with Gasteiger partial charge < -0.3 is 0 Å². The number of rotatable bonds is 0. The van der Waals surface area contributed by atoms with Crippen LogP contribution in [-0.2, 0) is 0 Å². The van der Waals surface area contributed by atoms with Gasteiger partial charge in [-0.2, -0.15) is 5.26 Å². The molecule has 0 saturated carbocycles. The van der Waals surface area contributed by atoms with Gasteiger partial charge in [-0.05, 0) is 5.92 Å². The molecule has 1 heterocycles. The maximum absolute atomic E-state index is 8.13. The van der Waals surface area contributed by atoms with Crippen molar-refractivity contribution in [2.75, 3.05) is 0 Å². The number of thiazole rings is 1. The van der Waals surface area contributed by atoms with Gasteiger partial charge in [0, 0.05) is 11.6 Å². The molecule has 0 fully saturated rings. The fourth-order valence-electron chi connectivity index (χ4n) is 0.445. The van der Waals surface area contributed by atoms with Gasteiger partial charge in [0.15, 0.2) is 5.01 Å². The van der Waals surface area contributed by atoms with Crippen LogP contribution in [0.15, 0.2) is 11.6 Å². The van der Waals surface area contributed by atoms with E-state index in [1.807, 2.05) is 11.4 Å². The molecule has 0 aliphatic carbocycles.